The van der Waals surface area contributed by atoms with Gasteiger partial charge in [-0.05, 0) is 23.1 Å². The van der Waals surface area contributed by atoms with Gasteiger partial charge < -0.3 is 15.2 Å². The third kappa shape index (κ3) is 4.35. The van der Waals surface area contributed by atoms with Crippen LogP contribution in [-0.4, -0.2) is 36.7 Å². The fourth-order valence-corrected chi connectivity index (χ4v) is 1.70. The van der Waals surface area contributed by atoms with Crippen molar-refractivity contribution in [2.45, 2.75) is 32.2 Å². The third-order valence-corrected chi connectivity index (χ3v) is 2.95. The minimum Gasteiger partial charge on any atom is -0.480 e. The van der Waals surface area contributed by atoms with Crippen LogP contribution in [0.3, 0.4) is 0 Å². The SMILES string of the molecule is COCC(NC(=O)c1ccc(C(C)(C)C)cc1)C(=O)O. The summed E-state index contributed by atoms with van der Waals surface area (Å²) in [5, 5.41) is 11.4. The summed E-state index contributed by atoms with van der Waals surface area (Å²) >= 11 is 0. The molecule has 0 radical (unpaired) electrons. The van der Waals surface area contributed by atoms with Gasteiger partial charge in [0.1, 0.15) is 0 Å². The molecule has 0 heterocycles. The molecule has 0 saturated heterocycles. The molecule has 20 heavy (non-hydrogen) atoms. The van der Waals surface area contributed by atoms with Gasteiger partial charge in [0.2, 0.25) is 0 Å². The van der Waals surface area contributed by atoms with Gasteiger partial charge in [-0.3, -0.25) is 4.79 Å². The Morgan fingerprint density at radius 2 is 1.80 bits per heavy atom. The number of carboxylic acid groups (broad SMARTS) is 1. The number of methoxy groups -OCH3 is 1. The van der Waals surface area contributed by atoms with Crippen molar-refractivity contribution in [3.63, 3.8) is 0 Å². The van der Waals surface area contributed by atoms with Gasteiger partial charge in [0.15, 0.2) is 6.04 Å². The lowest BCUT2D eigenvalue weighted by atomic mass is 9.86. The van der Waals surface area contributed by atoms with Crippen LogP contribution in [0.15, 0.2) is 24.3 Å². The van der Waals surface area contributed by atoms with Crippen molar-refractivity contribution >= 4 is 11.9 Å². The zero-order valence-electron chi connectivity index (χ0n) is 12.3. The molecule has 0 saturated carbocycles. The molecule has 0 fully saturated rings. The van der Waals surface area contributed by atoms with E-state index in [0.717, 1.165) is 5.56 Å². The monoisotopic (exact) mass is 279 g/mol. The number of rotatable bonds is 5. The van der Waals surface area contributed by atoms with Crippen molar-refractivity contribution in [1.29, 1.82) is 0 Å². The topological polar surface area (TPSA) is 75.6 Å². The zero-order chi connectivity index (χ0) is 15.3. The normalized spacial score (nSPS) is 12.8. The van der Waals surface area contributed by atoms with Crippen molar-refractivity contribution in [3.8, 4) is 0 Å². The summed E-state index contributed by atoms with van der Waals surface area (Å²) in [5.74, 6) is -1.54. The second-order valence-corrected chi connectivity index (χ2v) is 5.65. The Morgan fingerprint density at radius 3 is 2.20 bits per heavy atom. The molecule has 1 aromatic rings. The number of hydrogen-bond acceptors (Lipinski definition) is 3. The number of hydrogen-bond donors (Lipinski definition) is 2. The minimum absolute atomic E-state index is 0.00859. The molecular weight excluding hydrogens is 258 g/mol. The predicted octanol–water partition coefficient (Wildman–Crippen LogP) is 1.81. The van der Waals surface area contributed by atoms with Gasteiger partial charge >= 0.3 is 5.97 Å². The van der Waals surface area contributed by atoms with Crippen LogP contribution < -0.4 is 5.32 Å². The summed E-state index contributed by atoms with van der Waals surface area (Å²) in [6.45, 7) is 6.19. The van der Waals surface area contributed by atoms with Gasteiger partial charge in [0.05, 0.1) is 6.61 Å². The van der Waals surface area contributed by atoms with E-state index in [4.69, 9.17) is 9.84 Å². The molecule has 0 aliphatic rings. The Bertz CT molecular complexity index is 474. The van der Waals surface area contributed by atoms with Crippen LogP contribution in [0.5, 0.6) is 0 Å². The average molecular weight is 279 g/mol. The number of amides is 1. The molecule has 1 rings (SSSR count). The smallest absolute Gasteiger partial charge is 0.328 e. The van der Waals surface area contributed by atoms with Crippen molar-refractivity contribution in [1.82, 2.24) is 5.32 Å². The van der Waals surface area contributed by atoms with Gasteiger partial charge in [0.25, 0.3) is 5.91 Å². The standard InChI is InChI=1S/C15H21NO4/c1-15(2,3)11-7-5-10(6-8-11)13(17)16-12(9-20-4)14(18)19/h5-8,12H,9H2,1-4H3,(H,16,17)(H,18,19). The van der Waals surface area contributed by atoms with Crippen molar-refractivity contribution in [2.24, 2.45) is 0 Å². The molecule has 0 aromatic heterocycles. The number of benzene rings is 1. The van der Waals surface area contributed by atoms with Crippen molar-refractivity contribution in [3.05, 3.63) is 35.4 Å². The van der Waals surface area contributed by atoms with E-state index < -0.39 is 17.9 Å². The number of nitrogens with one attached hydrogen (secondary N) is 1. The second kappa shape index (κ2) is 6.52. The highest BCUT2D eigenvalue weighted by Gasteiger charge is 2.21. The molecule has 1 unspecified atom stereocenters. The van der Waals surface area contributed by atoms with Crippen LogP contribution in [0.2, 0.25) is 0 Å². The summed E-state index contributed by atoms with van der Waals surface area (Å²) in [7, 11) is 1.39. The van der Waals surface area contributed by atoms with Gasteiger partial charge in [-0.2, -0.15) is 0 Å². The van der Waals surface area contributed by atoms with E-state index in [0.29, 0.717) is 5.56 Å². The Kier molecular flexibility index (Phi) is 5.27. The Balaban J connectivity index is 2.80. The fourth-order valence-electron chi connectivity index (χ4n) is 1.70. The van der Waals surface area contributed by atoms with Crippen molar-refractivity contribution < 1.29 is 19.4 Å². The van der Waals surface area contributed by atoms with E-state index in [1.807, 2.05) is 12.1 Å². The zero-order valence-corrected chi connectivity index (χ0v) is 12.3. The summed E-state index contributed by atoms with van der Waals surface area (Å²) in [4.78, 5) is 22.9. The Morgan fingerprint density at radius 1 is 1.25 bits per heavy atom. The lowest BCUT2D eigenvalue weighted by Crippen LogP contribution is -2.43. The minimum atomic E-state index is -1.12. The first-order valence-corrected chi connectivity index (χ1v) is 6.39. The highest BCUT2D eigenvalue weighted by molar-refractivity contribution is 5.96. The van der Waals surface area contributed by atoms with Crippen LogP contribution in [0.4, 0.5) is 0 Å². The molecule has 1 aromatic carbocycles. The molecular formula is C15H21NO4. The van der Waals surface area contributed by atoms with Gasteiger partial charge in [-0.1, -0.05) is 32.9 Å². The van der Waals surface area contributed by atoms with E-state index in [9.17, 15) is 9.59 Å². The largest absolute Gasteiger partial charge is 0.480 e. The van der Waals surface area contributed by atoms with E-state index in [1.165, 1.54) is 7.11 Å². The predicted molar refractivity (Wildman–Crippen MR) is 75.9 cm³/mol. The molecule has 0 aliphatic heterocycles. The Hall–Kier alpha value is -1.88. The number of aliphatic carboxylic acids is 1. The van der Waals surface area contributed by atoms with Gasteiger partial charge in [-0.25, -0.2) is 4.79 Å². The molecule has 0 bridgehead atoms. The Labute approximate surface area is 118 Å². The summed E-state index contributed by atoms with van der Waals surface area (Å²) in [6, 6.07) is 6.10. The first-order valence-electron chi connectivity index (χ1n) is 6.39. The van der Waals surface area contributed by atoms with E-state index in [2.05, 4.69) is 26.1 Å². The molecule has 5 heteroatoms. The van der Waals surface area contributed by atoms with Crippen LogP contribution in [0.25, 0.3) is 0 Å². The maximum atomic E-state index is 12.0. The first kappa shape index (κ1) is 16.2. The lowest BCUT2D eigenvalue weighted by Gasteiger charge is -2.19. The molecule has 2 N–H and O–H groups in total. The van der Waals surface area contributed by atoms with Gasteiger partial charge in [0, 0.05) is 12.7 Å². The van der Waals surface area contributed by atoms with E-state index in [1.54, 1.807) is 12.1 Å². The lowest BCUT2D eigenvalue weighted by molar-refractivity contribution is -0.140. The fraction of sp³-hybridized carbons (Fsp3) is 0.467. The number of ether oxygens (including phenoxy) is 1. The van der Waals surface area contributed by atoms with Crippen LogP contribution in [-0.2, 0) is 14.9 Å². The number of carbonyl (C=O) groups is 2. The highest BCUT2D eigenvalue weighted by Crippen LogP contribution is 2.22. The molecule has 0 aliphatic carbocycles. The maximum absolute atomic E-state index is 12.0. The summed E-state index contributed by atoms with van der Waals surface area (Å²) < 4.78 is 4.77. The molecule has 110 valence electrons. The highest BCUT2D eigenvalue weighted by atomic mass is 16.5. The van der Waals surface area contributed by atoms with E-state index in [-0.39, 0.29) is 12.0 Å². The summed E-state index contributed by atoms with van der Waals surface area (Å²) in [6.07, 6.45) is 0. The van der Waals surface area contributed by atoms with Crippen LogP contribution in [0, 0.1) is 0 Å². The number of carbonyl (C=O) groups excluding carboxylic acids is 1. The molecule has 1 atom stereocenters. The molecule has 1 amide bonds. The quantitative estimate of drug-likeness (QED) is 0.862. The molecule has 0 spiro atoms. The third-order valence-electron chi connectivity index (χ3n) is 2.95. The second-order valence-electron chi connectivity index (χ2n) is 5.65. The number of carboxylic acids is 1. The first-order chi connectivity index (χ1) is 9.25. The average Bonchev–Trinajstić information content (AvgIpc) is 2.37. The van der Waals surface area contributed by atoms with E-state index >= 15 is 0 Å². The van der Waals surface area contributed by atoms with Crippen LogP contribution in [0.1, 0.15) is 36.7 Å². The van der Waals surface area contributed by atoms with Crippen LogP contribution >= 0.6 is 0 Å². The molecule has 5 nitrogen and oxygen atoms in total. The van der Waals surface area contributed by atoms with Gasteiger partial charge in [-0.15, -0.1) is 0 Å². The van der Waals surface area contributed by atoms with Crippen molar-refractivity contribution in [2.75, 3.05) is 13.7 Å². The maximum Gasteiger partial charge on any atom is 0.328 e. The summed E-state index contributed by atoms with van der Waals surface area (Å²) in [5.41, 5.74) is 1.55.